The molecule has 0 aliphatic heterocycles. The van der Waals surface area contributed by atoms with E-state index in [9.17, 15) is 4.79 Å². The molecule has 0 aliphatic rings. The molecule has 4 nitrogen and oxygen atoms in total. The summed E-state index contributed by atoms with van der Waals surface area (Å²) < 4.78 is 11.5. The quantitative estimate of drug-likeness (QED) is 0.848. The van der Waals surface area contributed by atoms with Crippen molar-refractivity contribution < 1.29 is 14.3 Å². The molecule has 0 atom stereocenters. The van der Waals surface area contributed by atoms with Gasteiger partial charge in [-0.1, -0.05) is 15.9 Å². The second-order valence-electron chi connectivity index (χ2n) is 3.97. The first-order valence-electron chi connectivity index (χ1n) is 5.63. The van der Waals surface area contributed by atoms with Gasteiger partial charge < -0.3 is 15.2 Å². The molecular weight excluding hydrogens is 298 g/mol. The molecule has 0 saturated carbocycles. The van der Waals surface area contributed by atoms with Crippen LogP contribution in [0.25, 0.3) is 0 Å². The Morgan fingerprint density at radius 1 is 1.17 bits per heavy atom. The van der Waals surface area contributed by atoms with Gasteiger partial charge in [-0.05, 0) is 26.0 Å². The van der Waals surface area contributed by atoms with Crippen LogP contribution in [0.15, 0.2) is 4.47 Å². The summed E-state index contributed by atoms with van der Waals surface area (Å²) in [7, 11) is 3.09. The number of rotatable bonds is 5. The average molecular weight is 316 g/mol. The first kappa shape index (κ1) is 15.0. The number of benzene rings is 1. The van der Waals surface area contributed by atoms with Crippen LogP contribution >= 0.6 is 15.9 Å². The summed E-state index contributed by atoms with van der Waals surface area (Å²) in [5.74, 6) is 1.02. The third-order valence-corrected chi connectivity index (χ3v) is 4.06. The van der Waals surface area contributed by atoms with Crippen LogP contribution in [0.2, 0.25) is 0 Å². The Balaban J connectivity index is 3.57. The van der Waals surface area contributed by atoms with Crippen molar-refractivity contribution in [2.45, 2.75) is 20.3 Å². The Hall–Kier alpha value is -1.07. The van der Waals surface area contributed by atoms with Crippen LogP contribution < -0.4 is 15.2 Å². The smallest absolute Gasteiger partial charge is 0.172 e. The maximum Gasteiger partial charge on any atom is 0.172 e. The minimum Gasteiger partial charge on any atom is -0.493 e. The SMILES string of the molecule is COc1c(C)c(Br)c(C)c(C(=O)CCN)c1OC. The van der Waals surface area contributed by atoms with Gasteiger partial charge in [0.2, 0.25) is 0 Å². The number of hydrogen-bond acceptors (Lipinski definition) is 4. The number of carbonyl (C=O) groups is 1. The molecule has 1 aromatic carbocycles. The van der Waals surface area contributed by atoms with Crippen LogP contribution in [-0.4, -0.2) is 26.5 Å². The van der Waals surface area contributed by atoms with Gasteiger partial charge in [-0.3, -0.25) is 4.79 Å². The predicted octanol–water partition coefficient (Wildman–Crippen LogP) is 2.61. The highest BCUT2D eigenvalue weighted by molar-refractivity contribution is 9.10. The minimum absolute atomic E-state index is 0.0362. The molecule has 1 aromatic rings. The van der Waals surface area contributed by atoms with Crippen LogP contribution in [0.4, 0.5) is 0 Å². The highest BCUT2D eigenvalue weighted by Crippen LogP contribution is 2.42. The largest absolute Gasteiger partial charge is 0.493 e. The number of Topliss-reactive ketones (excluding diaryl/α,β-unsaturated/α-hetero) is 1. The molecule has 0 aromatic heterocycles. The normalized spacial score (nSPS) is 10.3. The van der Waals surface area contributed by atoms with Crippen molar-refractivity contribution in [3.8, 4) is 11.5 Å². The number of halogens is 1. The van der Waals surface area contributed by atoms with E-state index in [0.717, 1.165) is 15.6 Å². The third kappa shape index (κ3) is 2.52. The molecule has 0 fully saturated rings. The van der Waals surface area contributed by atoms with Crippen molar-refractivity contribution in [1.82, 2.24) is 0 Å². The lowest BCUT2D eigenvalue weighted by atomic mass is 9.98. The fraction of sp³-hybridized carbons (Fsp3) is 0.462. The molecule has 0 amide bonds. The summed E-state index contributed by atoms with van der Waals surface area (Å²) in [5, 5.41) is 0. The van der Waals surface area contributed by atoms with E-state index in [1.54, 1.807) is 7.11 Å². The Morgan fingerprint density at radius 3 is 2.17 bits per heavy atom. The van der Waals surface area contributed by atoms with Gasteiger partial charge in [0, 0.05) is 16.5 Å². The molecule has 5 heteroatoms. The van der Waals surface area contributed by atoms with Gasteiger partial charge in [-0.2, -0.15) is 0 Å². The van der Waals surface area contributed by atoms with E-state index < -0.39 is 0 Å². The van der Waals surface area contributed by atoms with Crippen LogP contribution in [0.5, 0.6) is 11.5 Å². The van der Waals surface area contributed by atoms with Crippen molar-refractivity contribution in [2.75, 3.05) is 20.8 Å². The minimum atomic E-state index is -0.0362. The van der Waals surface area contributed by atoms with Gasteiger partial charge in [-0.15, -0.1) is 0 Å². The molecule has 0 spiro atoms. The second kappa shape index (κ2) is 6.20. The van der Waals surface area contributed by atoms with E-state index in [4.69, 9.17) is 15.2 Å². The number of ether oxygens (including phenoxy) is 2. The summed E-state index contributed by atoms with van der Waals surface area (Å²) in [6, 6.07) is 0. The summed E-state index contributed by atoms with van der Waals surface area (Å²) in [6.45, 7) is 4.10. The summed E-state index contributed by atoms with van der Waals surface area (Å²) in [4.78, 5) is 12.1. The Labute approximate surface area is 116 Å². The van der Waals surface area contributed by atoms with E-state index in [2.05, 4.69) is 15.9 Å². The number of hydrogen-bond donors (Lipinski definition) is 1. The summed E-state index contributed by atoms with van der Waals surface area (Å²) >= 11 is 3.49. The third-order valence-electron chi connectivity index (χ3n) is 2.87. The van der Waals surface area contributed by atoms with Gasteiger partial charge in [-0.25, -0.2) is 0 Å². The van der Waals surface area contributed by atoms with E-state index in [-0.39, 0.29) is 12.2 Å². The van der Waals surface area contributed by atoms with Crippen LogP contribution in [0, 0.1) is 13.8 Å². The van der Waals surface area contributed by atoms with E-state index >= 15 is 0 Å². The Kier molecular flexibility index (Phi) is 5.16. The first-order chi connectivity index (χ1) is 8.49. The molecule has 0 bridgehead atoms. The van der Waals surface area contributed by atoms with Crippen molar-refractivity contribution in [2.24, 2.45) is 5.73 Å². The lowest BCUT2D eigenvalue weighted by molar-refractivity contribution is 0.0981. The molecule has 0 aliphatic carbocycles. The fourth-order valence-electron chi connectivity index (χ4n) is 1.98. The Morgan fingerprint density at radius 2 is 1.72 bits per heavy atom. The van der Waals surface area contributed by atoms with Crippen molar-refractivity contribution in [3.05, 3.63) is 21.2 Å². The molecule has 1 rings (SSSR count). The van der Waals surface area contributed by atoms with Crippen molar-refractivity contribution in [1.29, 1.82) is 0 Å². The highest BCUT2D eigenvalue weighted by Gasteiger charge is 2.24. The zero-order valence-electron chi connectivity index (χ0n) is 11.1. The predicted molar refractivity (Wildman–Crippen MR) is 74.7 cm³/mol. The average Bonchev–Trinajstić information content (AvgIpc) is 2.35. The van der Waals surface area contributed by atoms with Gasteiger partial charge in [0.1, 0.15) is 0 Å². The topological polar surface area (TPSA) is 61.5 Å². The molecule has 0 radical (unpaired) electrons. The number of ketones is 1. The summed E-state index contributed by atoms with van der Waals surface area (Å²) in [5.41, 5.74) is 7.75. The van der Waals surface area contributed by atoms with Gasteiger partial charge in [0.15, 0.2) is 17.3 Å². The lowest BCUT2D eigenvalue weighted by Crippen LogP contribution is -2.12. The lowest BCUT2D eigenvalue weighted by Gasteiger charge is -2.18. The van der Waals surface area contributed by atoms with Gasteiger partial charge in [0.25, 0.3) is 0 Å². The molecule has 0 heterocycles. The van der Waals surface area contributed by atoms with Crippen LogP contribution in [-0.2, 0) is 0 Å². The second-order valence-corrected chi connectivity index (χ2v) is 4.76. The molecule has 2 N–H and O–H groups in total. The number of nitrogens with two attached hydrogens (primary N) is 1. The maximum absolute atomic E-state index is 12.1. The van der Waals surface area contributed by atoms with E-state index in [1.807, 2.05) is 13.8 Å². The van der Waals surface area contributed by atoms with Crippen LogP contribution in [0.1, 0.15) is 27.9 Å². The molecule has 0 unspecified atom stereocenters. The van der Waals surface area contributed by atoms with Crippen molar-refractivity contribution in [3.63, 3.8) is 0 Å². The maximum atomic E-state index is 12.1. The summed E-state index contributed by atoms with van der Waals surface area (Å²) in [6.07, 6.45) is 0.288. The Bertz CT molecular complexity index is 472. The standard InChI is InChI=1S/C13H18BrNO3/c1-7-10(9(16)5-6-15)13(18-4)12(17-3)8(2)11(7)14/h5-6,15H2,1-4H3. The van der Waals surface area contributed by atoms with Crippen molar-refractivity contribution >= 4 is 21.7 Å². The molecule has 18 heavy (non-hydrogen) atoms. The fourth-order valence-corrected chi connectivity index (χ4v) is 2.36. The van der Waals surface area contributed by atoms with E-state index in [1.165, 1.54) is 7.11 Å². The highest BCUT2D eigenvalue weighted by atomic mass is 79.9. The first-order valence-corrected chi connectivity index (χ1v) is 6.42. The van der Waals surface area contributed by atoms with Gasteiger partial charge in [0.05, 0.1) is 19.8 Å². The zero-order chi connectivity index (χ0) is 13.9. The van der Waals surface area contributed by atoms with Crippen LogP contribution in [0.3, 0.4) is 0 Å². The molecule has 100 valence electrons. The van der Waals surface area contributed by atoms with Gasteiger partial charge >= 0.3 is 0 Å². The molecule has 0 saturated heterocycles. The number of carbonyl (C=O) groups excluding carboxylic acids is 1. The van der Waals surface area contributed by atoms with E-state index in [0.29, 0.717) is 23.6 Å². The monoisotopic (exact) mass is 315 g/mol. The zero-order valence-corrected chi connectivity index (χ0v) is 12.7. The molecular formula is C13H18BrNO3. The number of methoxy groups -OCH3 is 2.